The van der Waals surface area contributed by atoms with E-state index in [1.165, 1.54) is 0 Å². The number of hydrogen-bond donors (Lipinski definition) is 1. The number of rotatable bonds is 3. The lowest BCUT2D eigenvalue weighted by Gasteiger charge is -2.09. The average molecular weight is 295 g/mol. The van der Waals surface area contributed by atoms with Crippen LogP contribution in [0.5, 0.6) is 17.4 Å². The largest absolute Gasteiger partial charge is 0.495 e. The summed E-state index contributed by atoms with van der Waals surface area (Å²) in [5.41, 5.74) is 6.37. The van der Waals surface area contributed by atoms with E-state index in [2.05, 4.69) is 20.9 Å². The first-order valence-corrected chi connectivity index (χ1v) is 5.72. The molecule has 0 fully saturated rings. The molecular weight excluding hydrogens is 284 g/mol. The summed E-state index contributed by atoms with van der Waals surface area (Å²) >= 11 is 3.38. The molecule has 0 saturated carbocycles. The summed E-state index contributed by atoms with van der Waals surface area (Å²) < 4.78 is 11.4. The van der Waals surface area contributed by atoms with Crippen molar-refractivity contribution < 1.29 is 9.47 Å². The van der Waals surface area contributed by atoms with Crippen LogP contribution in [0.15, 0.2) is 41.0 Å². The van der Waals surface area contributed by atoms with Crippen molar-refractivity contribution in [3.63, 3.8) is 0 Å². The number of nitrogen functional groups attached to an aromatic ring is 1. The molecule has 0 aliphatic heterocycles. The van der Waals surface area contributed by atoms with Gasteiger partial charge >= 0.3 is 0 Å². The van der Waals surface area contributed by atoms with E-state index in [4.69, 9.17) is 15.2 Å². The van der Waals surface area contributed by atoms with Gasteiger partial charge in [-0.1, -0.05) is 6.07 Å². The third-order valence-electron chi connectivity index (χ3n) is 2.15. The average Bonchev–Trinajstić information content (AvgIpc) is 2.35. The van der Waals surface area contributed by atoms with Crippen LogP contribution in [0.1, 0.15) is 0 Å². The maximum atomic E-state index is 5.82. The topological polar surface area (TPSA) is 57.4 Å². The molecule has 0 unspecified atom stereocenters. The van der Waals surface area contributed by atoms with Crippen LogP contribution in [0.2, 0.25) is 0 Å². The van der Waals surface area contributed by atoms with Gasteiger partial charge in [0.1, 0.15) is 5.75 Å². The fourth-order valence-corrected chi connectivity index (χ4v) is 1.75. The van der Waals surface area contributed by atoms with Gasteiger partial charge in [0.15, 0.2) is 5.75 Å². The summed E-state index contributed by atoms with van der Waals surface area (Å²) in [6.45, 7) is 0. The lowest BCUT2D eigenvalue weighted by atomic mass is 10.3. The molecule has 1 aromatic carbocycles. The maximum Gasteiger partial charge on any atom is 0.219 e. The summed E-state index contributed by atoms with van der Waals surface area (Å²) in [4.78, 5) is 4.10. The van der Waals surface area contributed by atoms with E-state index in [-0.39, 0.29) is 0 Å². The molecule has 0 amide bonds. The molecule has 0 saturated heterocycles. The van der Waals surface area contributed by atoms with Gasteiger partial charge in [0.25, 0.3) is 0 Å². The molecule has 0 spiro atoms. The number of hydrogen-bond acceptors (Lipinski definition) is 4. The third kappa shape index (κ3) is 2.68. The Labute approximate surface area is 108 Å². The third-order valence-corrected chi connectivity index (χ3v) is 2.77. The Morgan fingerprint density at radius 2 is 2.06 bits per heavy atom. The fourth-order valence-electron chi connectivity index (χ4n) is 1.29. The number of ether oxygens (including phenoxy) is 2. The van der Waals surface area contributed by atoms with Crippen LogP contribution in [0, 0.1) is 0 Å². The second kappa shape index (κ2) is 5.05. The molecule has 0 aliphatic carbocycles. The van der Waals surface area contributed by atoms with Gasteiger partial charge in [-0.25, -0.2) is 4.98 Å². The van der Waals surface area contributed by atoms with Crippen molar-refractivity contribution in [1.29, 1.82) is 0 Å². The molecule has 0 aliphatic rings. The van der Waals surface area contributed by atoms with Gasteiger partial charge in [-0.2, -0.15) is 0 Å². The Balaban J connectivity index is 2.25. The minimum Gasteiger partial charge on any atom is -0.495 e. The van der Waals surface area contributed by atoms with Crippen molar-refractivity contribution in [3.8, 4) is 17.4 Å². The van der Waals surface area contributed by atoms with Crippen LogP contribution in [0.25, 0.3) is 0 Å². The predicted octanol–water partition coefficient (Wildman–Crippen LogP) is 3.23. The SMILES string of the molecule is COc1ccc(Oc2c(N)cccc2Br)nc1. The van der Waals surface area contributed by atoms with Crippen molar-refractivity contribution in [1.82, 2.24) is 4.98 Å². The molecule has 4 nitrogen and oxygen atoms in total. The molecular formula is C12H11BrN2O2. The number of nitrogens with zero attached hydrogens (tertiary/aromatic N) is 1. The fraction of sp³-hybridized carbons (Fsp3) is 0.0833. The maximum absolute atomic E-state index is 5.82. The van der Waals surface area contributed by atoms with Crippen molar-refractivity contribution in [2.45, 2.75) is 0 Å². The van der Waals surface area contributed by atoms with Crippen LogP contribution >= 0.6 is 15.9 Å². The Morgan fingerprint density at radius 1 is 1.24 bits per heavy atom. The zero-order valence-corrected chi connectivity index (χ0v) is 10.8. The highest BCUT2D eigenvalue weighted by atomic mass is 79.9. The van der Waals surface area contributed by atoms with Crippen LogP contribution in [0.3, 0.4) is 0 Å². The molecule has 0 bridgehead atoms. The molecule has 2 aromatic rings. The minimum atomic E-state index is 0.462. The molecule has 1 heterocycles. The van der Waals surface area contributed by atoms with E-state index in [1.54, 1.807) is 31.5 Å². The first-order chi connectivity index (χ1) is 8.20. The summed E-state index contributed by atoms with van der Waals surface area (Å²) in [5, 5.41) is 0. The second-order valence-electron chi connectivity index (χ2n) is 3.30. The van der Waals surface area contributed by atoms with E-state index in [0.717, 1.165) is 4.47 Å². The molecule has 2 N–H and O–H groups in total. The summed E-state index contributed by atoms with van der Waals surface area (Å²) in [5.74, 6) is 1.70. The first-order valence-electron chi connectivity index (χ1n) is 4.92. The summed E-state index contributed by atoms with van der Waals surface area (Å²) in [6.07, 6.45) is 1.59. The second-order valence-corrected chi connectivity index (χ2v) is 4.15. The van der Waals surface area contributed by atoms with Crippen molar-refractivity contribution in [2.75, 3.05) is 12.8 Å². The highest BCUT2D eigenvalue weighted by Gasteiger charge is 2.07. The smallest absolute Gasteiger partial charge is 0.219 e. The van der Waals surface area contributed by atoms with Gasteiger partial charge in [-0.3, -0.25) is 0 Å². The van der Waals surface area contributed by atoms with E-state index < -0.39 is 0 Å². The van der Waals surface area contributed by atoms with Crippen molar-refractivity contribution >= 4 is 21.6 Å². The van der Waals surface area contributed by atoms with Gasteiger partial charge in [0, 0.05) is 6.07 Å². The zero-order valence-electron chi connectivity index (χ0n) is 9.18. The predicted molar refractivity (Wildman–Crippen MR) is 69.4 cm³/mol. The van der Waals surface area contributed by atoms with Crippen LogP contribution in [0.4, 0.5) is 5.69 Å². The number of halogens is 1. The van der Waals surface area contributed by atoms with Gasteiger partial charge < -0.3 is 15.2 Å². The lowest BCUT2D eigenvalue weighted by molar-refractivity contribution is 0.407. The summed E-state index contributed by atoms with van der Waals surface area (Å²) in [6, 6.07) is 8.96. The van der Waals surface area contributed by atoms with Gasteiger partial charge in [0.05, 0.1) is 23.5 Å². The van der Waals surface area contributed by atoms with Crippen LogP contribution in [-0.4, -0.2) is 12.1 Å². The molecule has 1 aromatic heterocycles. The number of pyridine rings is 1. The molecule has 5 heteroatoms. The van der Waals surface area contributed by atoms with E-state index in [9.17, 15) is 0 Å². The van der Waals surface area contributed by atoms with Crippen molar-refractivity contribution in [3.05, 3.63) is 41.0 Å². The molecule has 0 radical (unpaired) electrons. The van der Waals surface area contributed by atoms with Crippen LogP contribution < -0.4 is 15.2 Å². The number of aromatic nitrogens is 1. The minimum absolute atomic E-state index is 0.462. The Hall–Kier alpha value is -1.75. The van der Waals surface area contributed by atoms with E-state index in [0.29, 0.717) is 23.1 Å². The summed E-state index contributed by atoms with van der Waals surface area (Å²) in [7, 11) is 1.59. The molecule has 2 rings (SSSR count). The van der Waals surface area contributed by atoms with Gasteiger partial charge in [0.2, 0.25) is 5.88 Å². The van der Waals surface area contributed by atoms with Crippen molar-refractivity contribution in [2.24, 2.45) is 0 Å². The Morgan fingerprint density at radius 3 is 2.65 bits per heavy atom. The highest BCUT2D eigenvalue weighted by Crippen LogP contribution is 2.34. The number of methoxy groups -OCH3 is 1. The van der Waals surface area contributed by atoms with E-state index >= 15 is 0 Å². The Bertz CT molecular complexity index is 494. The standard InChI is InChI=1S/C12H11BrN2O2/c1-16-8-5-6-11(15-7-8)17-12-9(13)3-2-4-10(12)14/h2-7H,14H2,1H3. The quantitative estimate of drug-likeness (QED) is 0.883. The normalized spacial score (nSPS) is 10.0. The molecule has 88 valence electrons. The zero-order chi connectivity index (χ0) is 12.3. The monoisotopic (exact) mass is 294 g/mol. The highest BCUT2D eigenvalue weighted by molar-refractivity contribution is 9.10. The number of anilines is 1. The van der Waals surface area contributed by atoms with Crippen LogP contribution in [-0.2, 0) is 0 Å². The van der Waals surface area contributed by atoms with Gasteiger partial charge in [-0.05, 0) is 34.1 Å². The van der Waals surface area contributed by atoms with Gasteiger partial charge in [-0.15, -0.1) is 0 Å². The first kappa shape index (κ1) is 11.7. The number of nitrogens with two attached hydrogens (primary N) is 1. The molecule has 0 atom stereocenters. The number of para-hydroxylation sites is 1. The van der Waals surface area contributed by atoms with E-state index in [1.807, 2.05) is 12.1 Å². The lowest BCUT2D eigenvalue weighted by Crippen LogP contribution is -1.94. The Kier molecular flexibility index (Phi) is 3.49. The number of benzene rings is 1. The molecule has 17 heavy (non-hydrogen) atoms.